The van der Waals surface area contributed by atoms with Crippen molar-refractivity contribution >= 4 is 41.5 Å². The van der Waals surface area contributed by atoms with Gasteiger partial charge in [-0.1, -0.05) is 42.5 Å². The van der Waals surface area contributed by atoms with Crippen LogP contribution in [0, 0.1) is 0 Å². The lowest BCUT2D eigenvalue weighted by atomic mass is 10.1. The van der Waals surface area contributed by atoms with Crippen molar-refractivity contribution in [3.8, 4) is 0 Å². The molecule has 0 saturated carbocycles. The number of nitrogens with zero attached hydrogens (tertiary/aromatic N) is 3. The summed E-state index contributed by atoms with van der Waals surface area (Å²) < 4.78 is 0. The summed E-state index contributed by atoms with van der Waals surface area (Å²) in [5.41, 5.74) is 7.91. The number of rotatable bonds is 9. The van der Waals surface area contributed by atoms with Gasteiger partial charge in [-0.25, -0.2) is 9.97 Å². The maximum absolute atomic E-state index is 9.17. The van der Waals surface area contributed by atoms with Gasteiger partial charge in [0, 0.05) is 31.5 Å². The molecule has 152 valence electrons. The molecule has 3 N–H and O–H groups in total. The number of benzene rings is 2. The Morgan fingerprint density at radius 1 is 0.893 bits per heavy atom. The molecule has 5 nitrogen and oxygen atoms in total. The van der Waals surface area contributed by atoms with E-state index in [0.717, 1.165) is 48.5 Å². The molecule has 0 spiro atoms. The molecule has 7 heteroatoms. The van der Waals surface area contributed by atoms with E-state index in [-0.39, 0.29) is 31.4 Å². The van der Waals surface area contributed by atoms with Gasteiger partial charge in [-0.3, -0.25) is 0 Å². The SMILES string of the molecule is Cl.Cl.NCCc1nc(N(CCCCO)Cc2ccccc2)c2ccccc2n1. The fourth-order valence-electron chi connectivity index (χ4n) is 3.07. The number of unbranched alkanes of at least 4 members (excludes halogenated alkanes) is 1. The lowest BCUT2D eigenvalue weighted by Gasteiger charge is -2.25. The molecule has 0 atom stereocenters. The molecule has 3 rings (SSSR count). The van der Waals surface area contributed by atoms with E-state index in [0.29, 0.717) is 13.0 Å². The van der Waals surface area contributed by atoms with Crippen LogP contribution in [0.1, 0.15) is 24.2 Å². The molecule has 0 saturated heterocycles. The van der Waals surface area contributed by atoms with Crippen LogP contribution in [0.25, 0.3) is 10.9 Å². The molecule has 0 aliphatic rings. The summed E-state index contributed by atoms with van der Waals surface area (Å²) >= 11 is 0. The van der Waals surface area contributed by atoms with Crippen LogP contribution in [-0.4, -0.2) is 34.8 Å². The zero-order valence-corrected chi connectivity index (χ0v) is 17.5. The summed E-state index contributed by atoms with van der Waals surface area (Å²) in [6, 6.07) is 18.5. The predicted molar refractivity (Wildman–Crippen MR) is 121 cm³/mol. The monoisotopic (exact) mass is 422 g/mol. The van der Waals surface area contributed by atoms with Crippen LogP contribution in [0.2, 0.25) is 0 Å². The Kier molecular flexibility index (Phi) is 10.8. The lowest BCUT2D eigenvalue weighted by Crippen LogP contribution is -2.26. The first-order chi connectivity index (χ1) is 12.8. The van der Waals surface area contributed by atoms with Crippen molar-refractivity contribution < 1.29 is 5.11 Å². The fraction of sp³-hybridized carbons (Fsp3) is 0.333. The first-order valence-electron chi connectivity index (χ1n) is 9.17. The molecule has 0 unspecified atom stereocenters. The van der Waals surface area contributed by atoms with E-state index < -0.39 is 0 Å². The van der Waals surface area contributed by atoms with Gasteiger partial charge in [-0.2, -0.15) is 0 Å². The van der Waals surface area contributed by atoms with Gasteiger partial charge in [0.15, 0.2) is 0 Å². The van der Waals surface area contributed by atoms with Crippen LogP contribution < -0.4 is 10.6 Å². The van der Waals surface area contributed by atoms with E-state index in [2.05, 4.69) is 40.2 Å². The zero-order valence-electron chi connectivity index (χ0n) is 15.8. The van der Waals surface area contributed by atoms with Gasteiger partial charge >= 0.3 is 0 Å². The van der Waals surface area contributed by atoms with Crippen molar-refractivity contribution in [1.82, 2.24) is 9.97 Å². The van der Waals surface area contributed by atoms with Gasteiger partial charge in [0.05, 0.1) is 5.52 Å². The summed E-state index contributed by atoms with van der Waals surface area (Å²) in [4.78, 5) is 11.8. The molecule has 0 radical (unpaired) electrons. The molecular formula is C21H28Cl2N4O. The Morgan fingerprint density at radius 3 is 2.32 bits per heavy atom. The maximum atomic E-state index is 9.17. The maximum Gasteiger partial charge on any atom is 0.140 e. The number of para-hydroxylation sites is 1. The number of fused-ring (bicyclic) bond motifs is 1. The molecule has 28 heavy (non-hydrogen) atoms. The molecule has 2 aromatic carbocycles. The van der Waals surface area contributed by atoms with Crippen molar-refractivity contribution in [3.05, 3.63) is 66.0 Å². The predicted octanol–water partition coefficient (Wildman–Crippen LogP) is 3.75. The quantitative estimate of drug-likeness (QED) is 0.513. The molecule has 0 amide bonds. The van der Waals surface area contributed by atoms with E-state index in [1.807, 2.05) is 24.3 Å². The first kappa shape index (κ1) is 24.1. The number of hydrogen-bond donors (Lipinski definition) is 2. The lowest BCUT2D eigenvalue weighted by molar-refractivity contribution is 0.285. The topological polar surface area (TPSA) is 75.3 Å². The number of anilines is 1. The molecule has 3 aromatic rings. The number of nitrogens with two attached hydrogens (primary N) is 1. The normalized spacial score (nSPS) is 10.2. The van der Waals surface area contributed by atoms with Crippen molar-refractivity contribution in [2.24, 2.45) is 5.73 Å². The van der Waals surface area contributed by atoms with E-state index >= 15 is 0 Å². The van der Waals surface area contributed by atoms with Crippen LogP contribution in [0.3, 0.4) is 0 Å². The van der Waals surface area contributed by atoms with Gasteiger partial charge < -0.3 is 15.7 Å². The second kappa shape index (κ2) is 12.5. The number of aliphatic hydroxyl groups excluding tert-OH is 1. The van der Waals surface area contributed by atoms with Gasteiger partial charge in [0.25, 0.3) is 0 Å². The molecule has 1 aromatic heterocycles. The highest BCUT2D eigenvalue weighted by atomic mass is 35.5. The fourth-order valence-corrected chi connectivity index (χ4v) is 3.07. The van der Waals surface area contributed by atoms with Crippen molar-refractivity contribution in [2.75, 3.05) is 24.6 Å². The van der Waals surface area contributed by atoms with Gasteiger partial charge in [-0.15, -0.1) is 24.8 Å². The summed E-state index contributed by atoms with van der Waals surface area (Å²) in [5.74, 6) is 1.72. The summed E-state index contributed by atoms with van der Waals surface area (Å²) in [6.45, 7) is 2.34. The highest BCUT2D eigenvalue weighted by molar-refractivity contribution is 5.89. The molecule has 0 aliphatic heterocycles. The molecule has 0 fully saturated rings. The van der Waals surface area contributed by atoms with Crippen molar-refractivity contribution in [3.63, 3.8) is 0 Å². The van der Waals surface area contributed by atoms with E-state index in [1.54, 1.807) is 0 Å². The number of halogens is 2. The highest BCUT2D eigenvalue weighted by Crippen LogP contribution is 2.26. The van der Waals surface area contributed by atoms with Gasteiger partial charge in [0.1, 0.15) is 11.6 Å². The minimum Gasteiger partial charge on any atom is -0.396 e. The summed E-state index contributed by atoms with van der Waals surface area (Å²) in [6.07, 6.45) is 2.35. The van der Waals surface area contributed by atoms with Crippen LogP contribution in [0.5, 0.6) is 0 Å². The number of aliphatic hydroxyl groups is 1. The standard InChI is InChI=1S/C21H26N4O.2ClH/c22-13-12-20-23-19-11-5-4-10-18(19)21(24-20)25(14-6-7-15-26)16-17-8-2-1-3-9-17;;/h1-5,8-11,26H,6-7,12-16,22H2;2*1H. The Balaban J connectivity index is 0.00000196. The third kappa shape index (κ3) is 6.31. The molecule has 0 aliphatic carbocycles. The highest BCUT2D eigenvalue weighted by Gasteiger charge is 2.15. The molecule has 0 bridgehead atoms. The Hall–Kier alpha value is -1.92. The third-order valence-corrected chi connectivity index (χ3v) is 4.35. The third-order valence-electron chi connectivity index (χ3n) is 4.35. The molecule has 1 heterocycles. The van der Waals surface area contributed by atoms with Crippen molar-refractivity contribution in [1.29, 1.82) is 0 Å². The van der Waals surface area contributed by atoms with Crippen LogP contribution in [0.15, 0.2) is 54.6 Å². The number of aromatic nitrogens is 2. The largest absolute Gasteiger partial charge is 0.396 e. The van der Waals surface area contributed by atoms with E-state index in [4.69, 9.17) is 15.8 Å². The average molecular weight is 423 g/mol. The van der Waals surface area contributed by atoms with E-state index in [9.17, 15) is 0 Å². The van der Waals surface area contributed by atoms with Gasteiger partial charge in [0.2, 0.25) is 0 Å². The Bertz CT molecular complexity index is 833. The summed E-state index contributed by atoms with van der Waals surface area (Å²) in [5, 5.41) is 10.2. The zero-order chi connectivity index (χ0) is 18.2. The van der Waals surface area contributed by atoms with Crippen LogP contribution in [-0.2, 0) is 13.0 Å². The smallest absolute Gasteiger partial charge is 0.140 e. The Labute approximate surface area is 178 Å². The molecular weight excluding hydrogens is 395 g/mol. The average Bonchev–Trinajstić information content (AvgIpc) is 2.68. The van der Waals surface area contributed by atoms with Crippen molar-refractivity contribution in [2.45, 2.75) is 25.8 Å². The second-order valence-electron chi connectivity index (χ2n) is 6.36. The first-order valence-corrected chi connectivity index (χ1v) is 9.17. The minimum absolute atomic E-state index is 0. The minimum atomic E-state index is 0. The Morgan fingerprint density at radius 2 is 1.61 bits per heavy atom. The summed E-state index contributed by atoms with van der Waals surface area (Å²) in [7, 11) is 0. The number of hydrogen-bond acceptors (Lipinski definition) is 5. The van der Waals surface area contributed by atoms with Crippen LogP contribution >= 0.6 is 24.8 Å². The second-order valence-corrected chi connectivity index (χ2v) is 6.36. The van der Waals surface area contributed by atoms with E-state index in [1.165, 1.54) is 5.56 Å². The van der Waals surface area contributed by atoms with Crippen LogP contribution in [0.4, 0.5) is 5.82 Å². The van der Waals surface area contributed by atoms with Gasteiger partial charge in [-0.05, 0) is 37.1 Å².